The second-order valence-electron chi connectivity index (χ2n) is 4.58. The van der Waals surface area contributed by atoms with Gasteiger partial charge in [-0.05, 0) is 12.1 Å². The third kappa shape index (κ3) is 2.95. The average molecular weight is 356 g/mol. The molecule has 1 aromatic heterocycles. The van der Waals surface area contributed by atoms with Crippen molar-refractivity contribution in [2.75, 3.05) is 11.2 Å². The number of thioether (sulfide) groups is 1. The first-order valence-corrected chi connectivity index (χ1v) is 8.16. The molecular formula is C14H11Cl2N3O2S. The molecule has 1 aliphatic heterocycles. The summed E-state index contributed by atoms with van der Waals surface area (Å²) in [4.78, 5) is 16.2. The minimum Gasteiger partial charge on any atom is -0.508 e. The molecule has 1 aromatic carbocycles. The Morgan fingerprint density at radius 2 is 2.14 bits per heavy atom. The number of carbonyl (C=O) groups excluding carboxylic acids is 1. The lowest BCUT2D eigenvalue weighted by atomic mass is 10.2. The first kappa shape index (κ1) is 15.3. The summed E-state index contributed by atoms with van der Waals surface area (Å²) in [5.41, 5.74) is 3.56. The van der Waals surface area contributed by atoms with Crippen molar-refractivity contribution in [3.8, 4) is 5.75 Å². The smallest absolute Gasteiger partial charge is 0.252 e. The maximum atomic E-state index is 12.1. The second kappa shape index (κ2) is 6.24. The van der Waals surface area contributed by atoms with Gasteiger partial charge in [-0.1, -0.05) is 41.4 Å². The monoisotopic (exact) mass is 355 g/mol. The van der Waals surface area contributed by atoms with E-state index in [1.54, 1.807) is 24.3 Å². The number of nitrogens with zero attached hydrogens (tertiary/aromatic N) is 2. The minimum absolute atomic E-state index is 0.119. The van der Waals surface area contributed by atoms with Gasteiger partial charge in [0.05, 0.1) is 15.8 Å². The van der Waals surface area contributed by atoms with Crippen LogP contribution in [0, 0.1) is 0 Å². The molecule has 3 rings (SSSR count). The van der Waals surface area contributed by atoms with Crippen LogP contribution in [0.5, 0.6) is 5.75 Å². The maximum Gasteiger partial charge on any atom is 0.252 e. The Bertz CT molecular complexity index is 729. The summed E-state index contributed by atoms with van der Waals surface area (Å²) in [5, 5.41) is 11.8. The number of benzene rings is 1. The van der Waals surface area contributed by atoms with Crippen LogP contribution in [0.4, 0.5) is 5.82 Å². The molecule has 0 radical (unpaired) electrons. The Morgan fingerprint density at radius 3 is 2.86 bits per heavy atom. The van der Waals surface area contributed by atoms with E-state index in [2.05, 4.69) is 10.4 Å². The van der Waals surface area contributed by atoms with Crippen LogP contribution in [0.1, 0.15) is 10.9 Å². The van der Waals surface area contributed by atoms with Gasteiger partial charge in [0.25, 0.3) is 5.91 Å². The largest absolute Gasteiger partial charge is 0.508 e. The van der Waals surface area contributed by atoms with Gasteiger partial charge in [0.1, 0.15) is 11.1 Å². The number of phenolic OH excluding ortho intramolecular Hbond substituents is 1. The summed E-state index contributed by atoms with van der Waals surface area (Å²) in [5.74, 6) is 0.655. The number of phenols is 1. The van der Waals surface area contributed by atoms with Crippen molar-refractivity contribution in [3.63, 3.8) is 0 Å². The number of amides is 1. The van der Waals surface area contributed by atoms with E-state index in [1.165, 1.54) is 23.0 Å². The number of aromatic hydroxyl groups is 1. The summed E-state index contributed by atoms with van der Waals surface area (Å²) >= 11 is 13.3. The van der Waals surface area contributed by atoms with Crippen molar-refractivity contribution in [3.05, 3.63) is 52.1 Å². The Labute approximate surface area is 141 Å². The zero-order chi connectivity index (χ0) is 15.7. The molecule has 1 atom stereocenters. The number of aromatic nitrogens is 1. The number of para-hydroxylation sites is 1. The topological polar surface area (TPSA) is 65.5 Å². The number of rotatable bonds is 3. The van der Waals surface area contributed by atoms with Gasteiger partial charge in [-0.15, -0.1) is 11.8 Å². The van der Waals surface area contributed by atoms with Crippen LogP contribution in [0.2, 0.25) is 10.0 Å². The van der Waals surface area contributed by atoms with Crippen molar-refractivity contribution in [2.24, 2.45) is 0 Å². The average Bonchev–Trinajstić information content (AvgIpc) is 2.84. The highest BCUT2D eigenvalue weighted by atomic mass is 35.5. The fourth-order valence-electron chi connectivity index (χ4n) is 2.08. The highest BCUT2D eigenvalue weighted by molar-refractivity contribution is 8.00. The molecule has 8 heteroatoms. The van der Waals surface area contributed by atoms with Crippen LogP contribution in [-0.2, 0) is 4.79 Å². The molecular weight excluding hydrogens is 345 g/mol. The molecule has 22 heavy (non-hydrogen) atoms. The SMILES string of the molecule is O=C1CSC(c2ccccc2O)N1Nc1ncc(Cl)cc1Cl. The summed E-state index contributed by atoms with van der Waals surface area (Å²) in [6.07, 6.45) is 1.44. The number of halogens is 2. The molecule has 1 saturated heterocycles. The van der Waals surface area contributed by atoms with E-state index in [9.17, 15) is 9.90 Å². The zero-order valence-electron chi connectivity index (χ0n) is 11.2. The number of hydrogen-bond acceptors (Lipinski definition) is 5. The van der Waals surface area contributed by atoms with Crippen LogP contribution < -0.4 is 5.43 Å². The first-order chi connectivity index (χ1) is 10.6. The quantitative estimate of drug-likeness (QED) is 0.878. The van der Waals surface area contributed by atoms with Gasteiger partial charge in [-0.2, -0.15) is 0 Å². The lowest BCUT2D eigenvalue weighted by Crippen LogP contribution is -2.34. The van der Waals surface area contributed by atoms with E-state index < -0.39 is 0 Å². The molecule has 1 fully saturated rings. The van der Waals surface area contributed by atoms with E-state index >= 15 is 0 Å². The number of anilines is 1. The molecule has 1 aliphatic rings. The van der Waals surface area contributed by atoms with Crippen LogP contribution in [-0.4, -0.2) is 26.8 Å². The molecule has 0 bridgehead atoms. The first-order valence-electron chi connectivity index (χ1n) is 6.35. The number of hydrazine groups is 1. The van der Waals surface area contributed by atoms with Crippen molar-refractivity contribution < 1.29 is 9.90 Å². The summed E-state index contributed by atoms with van der Waals surface area (Å²) in [6.45, 7) is 0. The molecule has 0 saturated carbocycles. The second-order valence-corrected chi connectivity index (χ2v) is 6.49. The normalized spacial score (nSPS) is 17.8. The van der Waals surface area contributed by atoms with E-state index in [0.717, 1.165) is 0 Å². The summed E-state index contributed by atoms with van der Waals surface area (Å²) < 4.78 is 0. The van der Waals surface area contributed by atoms with Gasteiger partial charge >= 0.3 is 0 Å². The Hall–Kier alpha value is -1.63. The summed E-state index contributed by atoms with van der Waals surface area (Å²) in [7, 11) is 0. The molecule has 2 heterocycles. The van der Waals surface area contributed by atoms with Gasteiger partial charge in [0.15, 0.2) is 5.82 Å². The lowest BCUT2D eigenvalue weighted by Gasteiger charge is -2.25. The molecule has 0 spiro atoms. The summed E-state index contributed by atoms with van der Waals surface area (Å²) in [6, 6.07) is 8.45. The van der Waals surface area contributed by atoms with Crippen molar-refractivity contribution in [1.82, 2.24) is 9.99 Å². The van der Waals surface area contributed by atoms with Gasteiger partial charge < -0.3 is 5.11 Å². The van der Waals surface area contributed by atoms with Crippen molar-refractivity contribution in [2.45, 2.75) is 5.37 Å². The molecule has 1 amide bonds. The number of hydrogen-bond donors (Lipinski definition) is 2. The highest BCUT2D eigenvalue weighted by Crippen LogP contribution is 2.42. The van der Waals surface area contributed by atoms with Crippen LogP contribution in [0.3, 0.4) is 0 Å². The molecule has 5 nitrogen and oxygen atoms in total. The predicted molar refractivity (Wildman–Crippen MR) is 88.0 cm³/mol. The van der Waals surface area contributed by atoms with Crippen LogP contribution in [0.15, 0.2) is 36.5 Å². The van der Waals surface area contributed by atoms with E-state index in [-0.39, 0.29) is 17.0 Å². The highest BCUT2D eigenvalue weighted by Gasteiger charge is 2.35. The Balaban J connectivity index is 1.90. The number of nitrogens with one attached hydrogen (secondary N) is 1. The lowest BCUT2D eigenvalue weighted by molar-refractivity contribution is -0.126. The maximum absolute atomic E-state index is 12.1. The third-order valence-electron chi connectivity index (χ3n) is 3.10. The van der Waals surface area contributed by atoms with Gasteiger partial charge in [-0.3, -0.25) is 10.2 Å². The minimum atomic E-state index is -0.359. The van der Waals surface area contributed by atoms with E-state index in [0.29, 0.717) is 27.2 Å². The van der Waals surface area contributed by atoms with E-state index in [4.69, 9.17) is 23.2 Å². The third-order valence-corrected chi connectivity index (χ3v) is 4.79. The fraction of sp³-hybridized carbons (Fsp3) is 0.143. The van der Waals surface area contributed by atoms with Crippen LogP contribution in [0.25, 0.3) is 0 Å². The Morgan fingerprint density at radius 1 is 1.36 bits per heavy atom. The number of pyridine rings is 1. The predicted octanol–water partition coefficient (Wildman–Crippen LogP) is 3.70. The Kier molecular flexibility index (Phi) is 4.33. The molecule has 2 aromatic rings. The van der Waals surface area contributed by atoms with Gasteiger partial charge in [0, 0.05) is 11.8 Å². The molecule has 0 aliphatic carbocycles. The van der Waals surface area contributed by atoms with Gasteiger partial charge in [0.2, 0.25) is 0 Å². The zero-order valence-corrected chi connectivity index (χ0v) is 13.5. The van der Waals surface area contributed by atoms with Gasteiger partial charge in [-0.25, -0.2) is 9.99 Å². The number of carbonyl (C=O) groups is 1. The van der Waals surface area contributed by atoms with Crippen molar-refractivity contribution >= 4 is 46.7 Å². The van der Waals surface area contributed by atoms with Crippen molar-refractivity contribution in [1.29, 1.82) is 0 Å². The fourth-order valence-corrected chi connectivity index (χ4v) is 3.64. The van der Waals surface area contributed by atoms with E-state index in [1.807, 2.05) is 6.07 Å². The van der Waals surface area contributed by atoms with Crippen LogP contribution >= 0.6 is 35.0 Å². The molecule has 2 N–H and O–H groups in total. The standard InChI is InChI=1S/C14H11Cl2N3O2S/c15-8-5-10(16)13(17-6-8)18-19-12(21)7-22-14(19)9-3-1-2-4-11(9)20/h1-6,14,20H,7H2,(H,17,18). The molecule has 1 unspecified atom stereocenters. The molecule has 114 valence electrons.